The van der Waals surface area contributed by atoms with E-state index < -0.39 is 0 Å². The zero-order chi connectivity index (χ0) is 13.6. The van der Waals surface area contributed by atoms with Crippen LogP contribution in [0, 0.1) is 0 Å². The molecule has 0 amide bonds. The maximum absolute atomic E-state index is 7.00. The maximum atomic E-state index is 7.00. The molecule has 2 rings (SSSR count). The van der Waals surface area contributed by atoms with Crippen LogP contribution in [-0.4, -0.2) is 12.2 Å². The van der Waals surface area contributed by atoms with Gasteiger partial charge in [-0.25, -0.2) is 0 Å². The predicted octanol–water partition coefficient (Wildman–Crippen LogP) is 3.50. The number of nitrogens with one attached hydrogen (secondary N) is 2. The fourth-order valence-electron chi connectivity index (χ4n) is 1.03. The number of aliphatic hydroxyl groups is 1. The first-order valence-corrected chi connectivity index (χ1v) is 6.11. The van der Waals surface area contributed by atoms with Crippen LogP contribution in [0.5, 0.6) is 0 Å². The molecule has 0 aromatic heterocycles. The monoisotopic (exact) mass is 282 g/mol. The minimum atomic E-state index is 1.00. The van der Waals surface area contributed by atoms with Crippen LogP contribution in [0.3, 0.4) is 0 Å². The second kappa shape index (κ2) is 12.2. The standard InChI is InChI=1S/2C6H7NS.CH4O/c2*8-7-6-4-2-1-3-5-6;1-2/h2*1-5,7-8H;2H,1H3. The molecule has 0 aliphatic rings. The lowest BCUT2D eigenvalue weighted by Crippen LogP contribution is -1.75. The summed E-state index contributed by atoms with van der Waals surface area (Å²) in [7, 11) is 1.00. The van der Waals surface area contributed by atoms with E-state index in [0.717, 1.165) is 18.5 Å². The third kappa shape index (κ3) is 7.89. The van der Waals surface area contributed by atoms with E-state index >= 15 is 0 Å². The van der Waals surface area contributed by atoms with Crippen molar-refractivity contribution in [3.63, 3.8) is 0 Å². The maximum Gasteiger partial charge on any atom is 0.0437 e. The number of benzene rings is 2. The summed E-state index contributed by atoms with van der Waals surface area (Å²) in [4.78, 5) is 0. The van der Waals surface area contributed by atoms with Crippen LogP contribution in [0.1, 0.15) is 0 Å². The molecule has 0 saturated heterocycles. The molecule has 5 heteroatoms. The van der Waals surface area contributed by atoms with Crippen molar-refractivity contribution in [1.82, 2.24) is 0 Å². The molecule has 0 radical (unpaired) electrons. The van der Waals surface area contributed by atoms with Gasteiger partial charge in [-0.15, -0.1) is 0 Å². The van der Waals surface area contributed by atoms with E-state index in [2.05, 4.69) is 35.1 Å². The Balaban J connectivity index is 0.000000283. The third-order valence-corrected chi connectivity index (χ3v) is 2.32. The van der Waals surface area contributed by atoms with Crippen molar-refractivity contribution in [1.29, 1.82) is 0 Å². The van der Waals surface area contributed by atoms with Crippen molar-refractivity contribution in [2.45, 2.75) is 0 Å². The average Bonchev–Trinajstić information content (AvgIpc) is 2.51. The van der Waals surface area contributed by atoms with Gasteiger partial charge in [0.2, 0.25) is 0 Å². The van der Waals surface area contributed by atoms with Gasteiger partial charge in [0.05, 0.1) is 0 Å². The minimum Gasteiger partial charge on any atom is -0.400 e. The van der Waals surface area contributed by atoms with Crippen LogP contribution < -0.4 is 9.44 Å². The summed E-state index contributed by atoms with van der Waals surface area (Å²) in [5.41, 5.74) is 2.05. The van der Waals surface area contributed by atoms with Gasteiger partial charge in [-0.2, -0.15) is 0 Å². The zero-order valence-corrected chi connectivity index (χ0v) is 11.9. The molecular formula is C13H18N2OS2. The lowest BCUT2D eigenvalue weighted by Gasteiger charge is -1.92. The fraction of sp³-hybridized carbons (Fsp3) is 0.0769. The minimum absolute atomic E-state index is 1.00. The Morgan fingerprint density at radius 1 is 0.667 bits per heavy atom. The molecule has 0 fully saturated rings. The number of para-hydroxylation sites is 2. The van der Waals surface area contributed by atoms with Crippen molar-refractivity contribution >= 4 is 37.0 Å². The highest BCUT2D eigenvalue weighted by atomic mass is 32.1. The van der Waals surface area contributed by atoms with Crippen molar-refractivity contribution in [2.24, 2.45) is 0 Å². The number of rotatable bonds is 2. The largest absolute Gasteiger partial charge is 0.400 e. The molecular weight excluding hydrogens is 264 g/mol. The smallest absolute Gasteiger partial charge is 0.0437 e. The molecule has 0 aliphatic heterocycles. The van der Waals surface area contributed by atoms with E-state index in [1.165, 1.54) is 0 Å². The topological polar surface area (TPSA) is 44.3 Å². The van der Waals surface area contributed by atoms with Gasteiger partial charge in [-0.05, 0) is 24.3 Å². The number of anilines is 2. The Labute approximate surface area is 119 Å². The second-order valence-corrected chi connectivity index (χ2v) is 3.40. The van der Waals surface area contributed by atoms with Crippen LogP contribution >= 0.6 is 25.6 Å². The Bertz CT molecular complexity index is 345. The first-order valence-electron chi connectivity index (χ1n) is 5.22. The van der Waals surface area contributed by atoms with E-state index in [1.807, 2.05) is 60.7 Å². The van der Waals surface area contributed by atoms with Crippen LogP contribution in [0.4, 0.5) is 11.4 Å². The highest BCUT2D eigenvalue weighted by molar-refractivity contribution is 7.81. The summed E-state index contributed by atoms with van der Waals surface area (Å²) in [5.74, 6) is 0. The van der Waals surface area contributed by atoms with Gasteiger partial charge in [0.1, 0.15) is 0 Å². The summed E-state index contributed by atoms with van der Waals surface area (Å²) in [6, 6.07) is 19.6. The fourth-order valence-corrected chi connectivity index (χ4v) is 1.32. The van der Waals surface area contributed by atoms with Crippen LogP contribution in [-0.2, 0) is 0 Å². The zero-order valence-electron chi connectivity index (χ0n) is 10.1. The van der Waals surface area contributed by atoms with Gasteiger partial charge in [0.15, 0.2) is 0 Å². The van der Waals surface area contributed by atoms with E-state index in [9.17, 15) is 0 Å². The van der Waals surface area contributed by atoms with E-state index in [0.29, 0.717) is 0 Å². The number of hydrogen-bond acceptors (Lipinski definition) is 5. The lowest BCUT2D eigenvalue weighted by molar-refractivity contribution is 0.399. The first kappa shape index (κ1) is 16.7. The molecule has 0 bridgehead atoms. The SMILES string of the molecule is CO.SNc1ccccc1.SNc1ccccc1. The molecule has 0 spiro atoms. The summed E-state index contributed by atoms with van der Waals surface area (Å²) >= 11 is 7.72. The van der Waals surface area contributed by atoms with Crippen molar-refractivity contribution in [2.75, 3.05) is 16.6 Å². The van der Waals surface area contributed by atoms with E-state index in [-0.39, 0.29) is 0 Å². The summed E-state index contributed by atoms with van der Waals surface area (Å²) in [6.45, 7) is 0. The van der Waals surface area contributed by atoms with Crippen molar-refractivity contribution in [3.8, 4) is 0 Å². The van der Waals surface area contributed by atoms with Gasteiger partial charge >= 0.3 is 0 Å². The summed E-state index contributed by atoms with van der Waals surface area (Å²) in [5, 5.41) is 7.00. The highest BCUT2D eigenvalue weighted by Gasteiger charge is 1.79. The average molecular weight is 282 g/mol. The summed E-state index contributed by atoms with van der Waals surface area (Å²) < 4.78 is 5.44. The normalized spacial score (nSPS) is 8.00. The van der Waals surface area contributed by atoms with Crippen molar-refractivity contribution < 1.29 is 5.11 Å². The Morgan fingerprint density at radius 2 is 0.944 bits per heavy atom. The van der Waals surface area contributed by atoms with Crippen LogP contribution in [0.2, 0.25) is 0 Å². The molecule has 0 heterocycles. The molecule has 18 heavy (non-hydrogen) atoms. The summed E-state index contributed by atoms with van der Waals surface area (Å²) in [6.07, 6.45) is 0. The Morgan fingerprint density at radius 3 is 1.11 bits per heavy atom. The second-order valence-electron chi connectivity index (χ2n) is 2.96. The number of hydrogen-bond donors (Lipinski definition) is 5. The number of thiol groups is 2. The molecule has 0 saturated carbocycles. The van der Waals surface area contributed by atoms with Crippen LogP contribution in [0.15, 0.2) is 60.7 Å². The van der Waals surface area contributed by atoms with Crippen LogP contribution in [0.25, 0.3) is 0 Å². The van der Waals surface area contributed by atoms with Gasteiger partial charge < -0.3 is 14.6 Å². The van der Waals surface area contributed by atoms with E-state index in [1.54, 1.807) is 0 Å². The molecule has 3 N–H and O–H groups in total. The molecule has 3 nitrogen and oxygen atoms in total. The Kier molecular flexibility index (Phi) is 11.3. The quantitative estimate of drug-likeness (QED) is 0.548. The molecule has 2 aromatic carbocycles. The molecule has 2 aromatic rings. The molecule has 98 valence electrons. The lowest BCUT2D eigenvalue weighted by atomic mass is 10.3. The van der Waals surface area contributed by atoms with E-state index in [4.69, 9.17) is 5.11 Å². The van der Waals surface area contributed by atoms with Gasteiger partial charge in [0, 0.05) is 18.5 Å². The third-order valence-electron chi connectivity index (χ3n) is 1.81. The predicted molar refractivity (Wildman–Crippen MR) is 86.2 cm³/mol. The van der Waals surface area contributed by atoms with Gasteiger partial charge in [-0.1, -0.05) is 62.0 Å². The molecule has 0 aliphatic carbocycles. The van der Waals surface area contributed by atoms with Crippen molar-refractivity contribution in [3.05, 3.63) is 60.7 Å². The molecule has 0 unspecified atom stereocenters. The number of aliphatic hydroxyl groups excluding tert-OH is 1. The van der Waals surface area contributed by atoms with Gasteiger partial charge in [0.25, 0.3) is 0 Å². The van der Waals surface area contributed by atoms with Gasteiger partial charge in [-0.3, -0.25) is 0 Å². The highest BCUT2D eigenvalue weighted by Crippen LogP contribution is 2.04. The Hall–Kier alpha value is -1.30. The first-order chi connectivity index (χ1) is 8.86. The molecule has 0 atom stereocenters.